The third kappa shape index (κ3) is 1.73. The molecule has 0 aliphatic rings. The van der Waals surface area contributed by atoms with E-state index in [-0.39, 0.29) is 11.5 Å². The van der Waals surface area contributed by atoms with Gasteiger partial charge in [0.25, 0.3) is 0 Å². The smallest absolute Gasteiger partial charge is 0.341 e. The molecule has 1 aromatic heterocycles. The molecular formula is C7H13N3OSi. The number of anilines is 1. The normalized spacial score (nSPS) is 11.6. The van der Waals surface area contributed by atoms with Gasteiger partial charge >= 0.3 is 5.69 Å². The first-order valence-corrected chi connectivity index (χ1v) is 7.21. The van der Waals surface area contributed by atoms with E-state index in [9.17, 15) is 4.79 Å². The lowest BCUT2D eigenvalue weighted by molar-refractivity contribution is 0.966. The van der Waals surface area contributed by atoms with Gasteiger partial charge in [0, 0.05) is 6.20 Å². The van der Waals surface area contributed by atoms with Gasteiger partial charge in [-0.1, -0.05) is 19.6 Å². The van der Waals surface area contributed by atoms with E-state index in [0.29, 0.717) is 0 Å². The third-order valence-electron chi connectivity index (χ3n) is 1.55. The SMILES string of the molecule is C[Si](C)(C)n1ccc(N)nc1=O. The van der Waals surface area contributed by atoms with Crippen molar-refractivity contribution in [1.82, 2.24) is 9.22 Å². The number of hydrogen-bond acceptors (Lipinski definition) is 3. The predicted octanol–water partition coefficient (Wildman–Crippen LogP) is 0.509. The van der Waals surface area contributed by atoms with Gasteiger partial charge in [-0.3, -0.25) is 0 Å². The van der Waals surface area contributed by atoms with Crippen molar-refractivity contribution in [3.8, 4) is 0 Å². The maximum atomic E-state index is 11.3. The Kier molecular flexibility index (Phi) is 2.06. The summed E-state index contributed by atoms with van der Waals surface area (Å²) in [5.41, 5.74) is 5.12. The summed E-state index contributed by atoms with van der Waals surface area (Å²) in [6.07, 6.45) is 1.72. The van der Waals surface area contributed by atoms with Crippen molar-refractivity contribution in [3.05, 3.63) is 22.7 Å². The van der Waals surface area contributed by atoms with Gasteiger partial charge in [0.1, 0.15) is 5.82 Å². The third-order valence-corrected chi connectivity index (χ3v) is 3.33. The maximum absolute atomic E-state index is 11.3. The van der Waals surface area contributed by atoms with E-state index < -0.39 is 8.24 Å². The minimum atomic E-state index is -1.61. The number of nitrogen functional groups attached to an aromatic ring is 1. The van der Waals surface area contributed by atoms with Crippen LogP contribution in [0.4, 0.5) is 5.82 Å². The molecule has 0 saturated carbocycles. The average molecular weight is 183 g/mol. The topological polar surface area (TPSA) is 60.9 Å². The van der Waals surface area contributed by atoms with Gasteiger partial charge in [-0.05, 0) is 6.07 Å². The Morgan fingerprint density at radius 2 is 2.08 bits per heavy atom. The molecule has 1 rings (SSSR count). The molecule has 0 radical (unpaired) electrons. The average Bonchev–Trinajstić information content (AvgIpc) is 1.83. The molecule has 0 amide bonds. The highest BCUT2D eigenvalue weighted by atomic mass is 28.3. The van der Waals surface area contributed by atoms with Crippen LogP contribution in [-0.4, -0.2) is 17.5 Å². The molecule has 0 unspecified atom stereocenters. The summed E-state index contributed by atoms with van der Waals surface area (Å²) in [4.78, 5) is 15.0. The summed E-state index contributed by atoms with van der Waals surface area (Å²) >= 11 is 0. The summed E-state index contributed by atoms with van der Waals surface area (Å²) in [5, 5.41) is 0. The Balaban J connectivity index is 3.29. The summed E-state index contributed by atoms with van der Waals surface area (Å²) in [6.45, 7) is 6.23. The molecule has 0 saturated heterocycles. The molecule has 0 bridgehead atoms. The van der Waals surface area contributed by atoms with E-state index in [1.807, 2.05) is 0 Å². The highest BCUT2D eigenvalue weighted by molar-refractivity contribution is 6.74. The predicted molar refractivity (Wildman–Crippen MR) is 51.7 cm³/mol. The van der Waals surface area contributed by atoms with E-state index in [0.717, 1.165) is 0 Å². The zero-order valence-corrected chi connectivity index (χ0v) is 8.53. The zero-order chi connectivity index (χ0) is 9.35. The number of hydrogen-bond donors (Lipinski definition) is 1. The molecule has 0 aliphatic heterocycles. The molecule has 0 spiro atoms. The van der Waals surface area contributed by atoms with Crippen molar-refractivity contribution in [2.24, 2.45) is 0 Å². The Morgan fingerprint density at radius 1 is 1.50 bits per heavy atom. The Bertz CT molecular complexity index is 339. The van der Waals surface area contributed by atoms with Gasteiger partial charge in [-0.15, -0.1) is 0 Å². The van der Waals surface area contributed by atoms with Crippen LogP contribution in [0.3, 0.4) is 0 Å². The largest absolute Gasteiger partial charge is 0.383 e. The summed E-state index contributed by atoms with van der Waals surface area (Å²) in [5.74, 6) is 0.287. The fourth-order valence-electron chi connectivity index (χ4n) is 0.927. The first kappa shape index (κ1) is 8.99. The van der Waals surface area contributed by atoms with Crippen molar-refractivity contribution in [3.63, 3.8) is 0 Å². The van der Waals surface area contributed by atoms with Gasteiger partial charge in [-0.2, -0.15) is 4.98 Å². The van der Waals surface area contributed by atoms with Crippen molar-refractivity contribution in [2.45, 2.75) is 19.6 Å². The lowest BCUT2D eigenvalue weighted by Crippen LogP contribution is -2.42. The first-order chi connectivity index (χ1) is 5.41. The van der Waals surface area contributed by atoms with Gasteiger partial charge in [-0.25, -0.2) is 4.79 Å². The van der Waals surface area contributed by atoms with E-state index in [2.05, 4.69) is 24.6 Å². The molecule has 0 aromatic carbocycles. The minimum absolute atomic E-state index is 0.242. The van der Waals surface area contributed by atoms with Crippen molar-refractivity contribution in [2.75, 3.05) is 5.73 Å². The summed E-state index contributed by atoms with van der Waals surface area (Å²) < 4.78 is 1.68. The fraction of sp³-hybridized carbons (Fsp3) is 0.429. The second kappa shape index (κ2) is 2.74. The highest BCUT2D eigenvalue weighted by Gasteiger charge is 2.17. The van der Waals surface area contributed by atoms with Crippen LogP contribution in [0.25, 0.3) is 0 Å². The van der Waals surface area contributed by atoms with Crippen LogP contribution in [0.5, 0.6) is 0 Å². The van der Waals surface area contributed by atoms with Crippen molar-refractivity contribution < 1.29 is 0 Å². The molecule has 0 fully saturated rings. The number of aromatic nitrogens is 2. The molecule has 66 valence electrons. The second-order valence-electron chi connectivity index (χ2n) is 3.68. The van der Waals surface area contributed by atoms with E-state index >= 15 is 0 Å². The standard InChI is InChI=1S/C7H13N3OSi/c1-12(2,3)10-5-4-6(8)9-7(10)11/h4-5H,1-3H3,(H2,8,9,11). The van der Waals surface area contributed by atoms with Crippen LogP contribution in [-0.2, 0) is 0 Å². The second-order valence-corrected chi connectivity index (χ2v) is 8.50. The van der Waals surface area contributed by atoms with Crippen molar-refractivity contribution in [1.29, 1.82) is 0 Å². The van der Waals surface area contributed by atoms with Crippen molar-refractivity contribution >= 4 is 14.1 Å². The summed E-state index contributed by atoms with van der Waals surface area (Å²) in [7, 11) is -1.61. The Morgan fingerprint density at radius 3 is 2.50 bits per heavy atom. The molecule has 5 heteroatoms. The van der Waals surface area contributed by atoms with Crippen LogP contribution >= 0.6 is 0 Å². The first-order valence-electron chi connectivity index (χ1n) is 3.77. The van der Waals surface area contributed by atoms with Crippen LogP contribution in [0.1, 0.15) is 0 Å². The minimum Gasteiger partial charge on any atom is -0.383 e. The number of nitrogens with two attached hydrogens (primary N) is 1. The van der Waals surface area contributed by atoms with Gasteiger partial charge in [0.05, 0.1) is 0 Å². The Hall–Kier alpha value is -1.10. The van der Waals surface area contributed by atoms with E-state index in [4.69, 9.17) is 5.73 Å². The lowest BCUT2D eigenvalue weighted by atomic mass is 10.6. The molecule has 0 atom stereocenters. The molecule has 1 heterocycles. The monoisotopic (exact) mass is 183 g/mol. The Labute approximate surface area is 72.1 Å². The van der Waals surface area contributed by atoms with Crippen LogP contribution in [0.2, 0.25) is 19.6 Å². The molecular weight excluding hydrogens is 170 g/mol. The van der Waals surface area contributed by atoms with Gasteiger partial charge in [0.2, 0.25) is 0 Å². The number of rotatable bonds is 1. The quantitative estimate of drug-likeness (QED) is 0.645. The van der Waals surface area contributed by atoms with Gasteiger partial charge < -0.3 is 9.97 Å². The summed E-state index contributed by atoms with van der Waals surface area (Å²) in [6, 6.07) is 1.65. The molecule has 12 heavy (non-hydrogen) atoms. The lowest BCUT2D eigenvalue weighted by Gasteiger charge is -2.18. The zero-order valence-electron chi connectivity index (χ0n) is 7.53. The van der Waals surface area contributed by atoms with E-state index in [1.54, 1.807) is 16.5 Å². The van der Waals surface area contributed by atoms with Crippen LogP contribution in [0, 0.1) is 0 Å². The maximum Gasteiger partial charge on any atom is 0.341 e. The van der Waals surface area contributed by atoms with Gasteiger partial charge in [0.15, 0.2) is 8.24 Å². The van der Waals surface area contributed by atoms with E-state index in [1.165, 1.54) is 0 Å². The van der Waals surface area contributed by atoms with Crippen LogP contribution in [0.15, 0.2) is 17.1 Å². The molecule has 0 aliphatic carbocycles. The number of nitrogens with zero attached hydrogens (tertiary/aromatic N) is 2. The molecule has 1 aromatic rings. The molecule has 2 N–H and O–H groups in total. The molecule has 4 nitrogen and oxygen atoms in total. The van der Waals surface area contributed by atoms with Crippen LogP contribution < -0.4 is 11.4 Å². The fourth-order valence-corrected chi connectivity index (χ4v) is 2.07. The highest BCUT2D eigenvalue weighted by Crippen LogP contribution is 2.02.